The van der Waals surface area contributed by atoms with Crippen LogP contribution in [0.5, 0.6) is 0 Å². The Bertz CT molecular complexity index is 1740. The Kier molecular flexibility index (Phi) is 21.3. The van der Waals surface area contributed by atoms with E-state index in [0.29, 0.717) is 0 Å². The number of aliphatic hydroxyl groups is 18. The highest BCUT2D eigenvalue weighted by atomic mass is 16.8. The topological polar surface area (TPSA) is 524 Å². The van der Waals surface area contributed by atoms with Gasteiger partial charge in [0, 0.05) is 13.8 Å². The van der Waals surface area contributed by atoms with Crippen LogP contribution in [0.4, 0.5) is 0 Å². The number of aliphatic hydroxyl groups excluding tert-OH is 18. The molecule has 20 N–H and O–H groups in total. The Hall–Kier alpha value is -2.22. The number of nitrogens with one attached hydrogen (secondary N) is 2. The zero-order chi connectivity index (χ0) is 53.9. The number of carbonyl (C=O) groups excluding carboxylic acids is 2. The van der Waals surface area contributed by atoms with E-state index in [9.17, 15) is 102 Å². The largest absolute Gasteiger partial charge is 0.394 e. The van der Waals surface area contributed by atoms with E-state index in [1.54, 1.807) is 0 Å². The molecule has 73 heavy (non-hydrogen) atoms. The molecule has 6 fully saturated rings. The van der Waals surface area contributed by atoms with Crippen molar-refractivity contribution < 1.29 is 154 Å². The van der Waals surface area contributed by atoms with Gasteiger partial charge in [0.25, 0.3) is 0 Å². The monoisotopic (exact) mass is 1070 g/mol. The average molecular weight is 1070 g/mol. The van der Waals surface area contributed by atoms with Crippen LogP contribution in [0.2, 0.25) is 0 Å². The highest BCUT2D eigenvalue weighted by molar-refractivity contribution is 5.73. The Balaban J connectivity index is 1.28. The molecule has 0 aromatic carbocycles. The van der Waals surface area contributed by atoms with Gasteiger partial charge in [0.15, 0.2) is 37.7 Å². The lowest BCUT2D eigenvalue weighted by Crippen LogP contribution is -2.70. The molecule has 0 radical (unpaired) electrons. The average Bonchev–Trinajstić information content (AvgIpc) is 3.35. The molecule has 6 aliphatic rings. The number of amides is 2. The standard InChI is InChI=1S/C40H68N2O31/c1-9(48)41-17-23(54)19(50)11(3-43)65-36(17)63-8-16-22(53)33(72-38-28(59)24(55)20(51)12(4-44)66-38)18(42-10(2)49)37(69-16)73-34-21(52)13(5-45)67-40(30(34)61)71-32-15(7-47)68-39(29(60)26(32)57)70-31-14(6-46)64-35(62)27(58)25(31)56/h11-40,43-47,50-62H,3-8H2,1-2H3,(H,41,48)(H,42,49)/t11-,12-,13-,14-,15-,16-,17-,18-,19-,20+,21+,22+,23-,24+,25-,26-,27-,28-,29-,30-,31-,32+,33-,34+,35-,36-,37+,38+,39+,40-/m1/s1. The second-order valence-electron chi connectivity index (χ2n) is 18.3. The van der Waals surface area contributed by atoms with Crippen LogP contribution in [0.25, 0.3) is 0 Å². The number of ether oxygens (including phenoxy) is 11. The Morgan fingerprint density at radius 3 is 1.27 bits per heavy atom. The van der Waals surface area contributed by atoms with Crippen molar-refractivity contribution >= 4 is 11.8 Å². The van der Waals surface area contributed by atoms with Gasteiger partial charge in [-0.1, -0.05) is 0 Å². The van der Waals surface area contributed by atoms with Crippen molar-refractivity contribution in [1.29, 1.82) is 0 Å². The van der Waals surface area contributed by atoms with Gasteiger partial charge < -0.3 is 155 Å². The van der Waals surface area contributed by atoms with Crippen molar-refractivity contribution in [1.82, 2.24) is 10.6 Å². The van der Waals surface area contributed by atoms with Crippen LogP contribution in [0.3, 0.4) is 0 Å². The van der Waals surface area contributed by atoms with Gasteiger partial charge in [0.1, 0.15) is 146 Å². The van der Waals surface area contributed by atoms with Crippen LogP contribution in [-0.2, 0) is 61.7 Å². The molecule has 33 nitrogen and oxygen atoms in total. The minimum atomic E-state index is -2.27. The normalized spacial score (nSPS) is 49.8. The molecule has 0 aromatic heterocycles. The first-order valence-corrected chi connectivity index (χ1v) is 23.1. The molecule has 0 unspecified atom stereocenters. The SMILES string of the molecule is CC(=O)N[C@H]1[C@H](OC[C@H]2O[C@@H](O[C@H]3[C@@H](O)[C@@H](CO)O[C@H](O[C@@H]4[C@H](O)[C@@H](O)[C@H](O[C@H]5[C@H](O)[C@@H](O)[C@H](O)O[C@@H]5CO)O[C@@H]4CO)[C@@H]3O)[C@H](NC(C)=O)[C@@H](O[C@@H]3O[C@H](CO)[C@H](O)[C@H](O)[C@H]3O)[C@H]2O)O[C@H](CO)[C@@H](O)[C@@H]1O. The van der Waals surface area contributed by atoms with E-state index in [-0.39, 0.29) is 0 Å². The van der Waals surface area contributed by atoms with Crippen LogP contribution in [0.1, 0.15) is 13.8 Å². The number of hydrogen-bond donors (Lipinski definition) is 20. The summed E-state index contributed by atoms with van der Waals surface area (Å²) in [5, 5.41) is 196. The summed E-state index contributed by atoms with van der Waals surface area (Å²) >= 11 is 0. The van der Waals surface area contributed by atoms with E-state index < -0.39 is 236 Å². The Morgan fingerprint density at radius 2 is 0.740 bits per heavy atom. The Morgan fingerprint density at radius 1 is 0.356 bits per heavy atom. The molecule has 6 aliphatic heterocycles. The molecule has 0 aromatic rings. The molecule has 424 valence electrons. The van der Waals surface area contributed by atoms with Crippen molar-refractivity contribution in [3.63, 3.8) is 0 Å². The zero-order valence-electron chi connectivity index (χ0n) is 38.9. The number of rotatable bonds is 18. The van der Waals surface area contributed by atoms with Crippen LogP contribution < -0.4 is 10.6 Å². The van der Waals surface area contributed by atoms with Crippen LogP contribution in [0.15, 0.2) is 0 Å². The summed E-state index contributed by atoms with van der Waals surface area (Å²) in [5.74, 6) is -1.63. The van der Waals surface area contributed by atoms with Crippen LogP contribution in [0, 0.1) is 0 Å². The van der Waals surface area contributed by atoms with Gasteiger partial charge in [-0.15, -0.1) is 0 Å². The van der Waals surface area contributed by atoms with E-state index in [1.807, 2.05) is 0 Å². The zero-order valence-corrected chi connectivity index (χ0v) is 38.9. The van der Waals surface area contributed by atoms with Gasteiger partial charge in [-0.3, -0.25) is 9.59 Å². The Labute approximate surface area is 413 Å². The van der Waals surface area contributed by atoms with Crippen molar-refractivity contribution in [3.05, 3.63) is 0 Å². The molecule has 6 rings (SSSR count). The third-order valence-corrected chi connectivity index (χ3v) is 13.2. The second kappa shape index (κ2) is 26.0. The van der Waals surface area contributed by atoms with Crippen molar-refractivity contribution in [2.75, 3.05) is 39.6 Å². The van der Waals surface area contributed by atoms with E-state index in [0.717, 1.165) is 13.8 Å². The fourth-order valence-electron chi connectivity index (χ4n) is 9.22. The highest BCUT2D eigenvalue weighted by Crippen LogP contribution is 2.36. The predicted molar refractivity (Wildman–Crippen MR) is 222 cm³/mol. The van der Waals surface area contributed by atoms with Gasteiger partial charge in [0.05, 0.1) is 39.6 Å². The molecule has 6 saturated heterocycles. The number of hydrogen-bond acceptors (Lipinski definition) is 31. The van der Waals surface area contributed by atoms with Gasteiger partial charge in [0.2, 0.25) is 11.8 Å². The maximum absolute atomic E-state index is 12.8. The smallest absolute Gasteiger partial charge is 0.217 e. The van der Waals surface area contributed by atoms with E-state index >= 15 is 0 Å². The molecule has 0 bridgehead atoms. The fourth-order valence-corrected chi connectivity index (χ4v) is 9.22. The quantitative estimate of drug-likeness (QED) is 0.0606. The van der Waals surface area contributed by atoms with Crippen molar-refractivity contribution in [3.8, 4) is 0 Å². The molecule has 30 atom stereocenters. The molecule has 33 heteroatoms. The summed E-state index contributed by atoms with van der Waals surface area (Å²) in [7, 11) is 0. The van der Waals surface area contributed by atoms with Crippen LogP contribution in [-0.4, -0.2) is 327 Å². The second-order valence-corrected chi connectivity index (χ2v) is 18.3. The minimum absolute atomic E-state index is 0.736. The van der Waals surface area contributed by atoms with Crippen molar-refractivity contribution in [2.45, 2.75) is 198 Å². The predicted octanol–water partition coefficient (Wildman–Crippen LogP) is -13.8. The molecule has 6 heterocycles. The fraction of sp³-hybridized carbons (Fsp3) is 0.950. The minimum Gasteiger partial charge on any atom is -0.394 e. The summed E-state index contributed by atoms with van der Waals surface area (Å²) in [6, 6.07) is -3.36. The summed E-state index contributed by atoms with van der Waals surface area (Å²) in [6.07, 6.45) is -53.6. The highest BCUT2D eigenvalue weighted by Gasteiger charge is 2.58. The lowest BCUT2D eigenvalue weighted by atomic mass is 9.94. The van der Waals surface area contributed by atoms with E-state index in [2.05, 4.69) is 10.6 Å². The molecule has 2 amide bonds. The number of carbonyl (C=O) groups is 2. The third-order valence-electron chi connectivity index (χ3n) is 13.2. The molecule has 0 saturated carbocycles. The first-order valence-electron chi connectivity index (χ1n) is 23.1. The van der Waals surface area contributed by atoms with Gasteiger partial charge >= 0.3 is 0 Å². The molecule has 0 aliphatic carbocycles. The maximum atomic E-state index is 12.8. The first-order chi connectivity index (χ1) is 34.5. The lowest BCUT2D eigenvalue weighted by Gasteiger charge is -2.50. The van der Waals surface area contributed by atoms with Gasteiger partial charge in [-0.2, -0.15) is 0 Å². The summed E-state index contributed by atoms with van der Waals surface area (Å²) < 4.78 is 62.7. The maximum Gasteiger partial charge on any atom is 0.217 e. The van der Waals surface area contributed by atoms with E-state index in [1.165, 1.54) is 0 Å². The molecular weight excluding hydrogens is 1000 g/mol. The lowest BCUT2D eigenvalue weighted by molar-refractivity contribution is -0.389. The molecule has 0 spiro atoms. The summed E-state index contributed by atoms with van der Waals surface area (Å²) in [6.45, 7) is -3.61. The van der Waals surface area contributed by atoms with Gasteiger partial charge in [-0.05, 0) is 0 Å². The summed E-state index contributed by atoms with van der Waals surface area (Å²) in [4.78, 5) is 25.0. The van der Waals surface area contributed by atoms with E-state index in [4.69, 9.17) is 52.1 Å². The third kappa shape index (κ3) is 13.0. The molecular formula is C40H68N2O31. The van der Waals surface area contributed by atoms with Crippen molar-refractivity contribution in [2.24, 2.45) is 0 Å². The van der Waals surface area contributed by atoms with Gasteiger partial charge in [-0.25, -0.2) is 0 Å². The summed E-state index contributed by atoms with van der Waals surface area (Å²) in [5.41, 5.74) is 0. The van der Waals surface area contributed by atoms with Crippen LogP contribution >= 0.6 is 0 Å². The first kappa shape index (κ1) is 60.0.